The van der Waals surface area contributed by atoms with Crippen LogP contribution in [0, 0.1) is 0 Å². The highest BCUT2D eigenvalue weighted by molar-refractivity contribution is 7.90. The Bertz CT molecular complexity index is 787. The summed E-state index contributed by atoms with van der Waals surface area (Å²) in [4.78, 5) is 15.5. The molecule has 0 aliphatic carbocycles. The largest absolute Gasteiger partial charge is 0.365 e. The van der Waals surface area contributed by atoms with Crippen LogP contribution in [-0.4, -0.2) is 56.5 Å². The van der Waals surface area contributed by atoms with E-state index in [2.05, 4.69) is 25.3 Å². The number of piperidine rings is 1. The molecule has 0 atom stereocenters. The van der Waals surface area contributed by atoms with E-state index in [1.54, 1.807) is 31.4 Å². The fourth-order valence-electron chi connectivity index (χ4n) is 2.70. The van der Waals surface area contributed by atoms with Gasteiger partial charge in [0.15, 0.2) is 11.5 Å². The van der Waals surface area contributed by atoms with Gasteiger partial charge in [-0.05, 0) is 33.6 Å². The van der Waals surface area contributed by atoms with E-state index in [0.29, 0.717) is 24.6 Å². The van der Waals surface area contributed by atoms with Crippen molar-refractivity contribution in [3.05, 3.63) is 12.7 Å². The highest BCUT2D eigenvalue weighted by Gasteiger charge is 2.37. The molecule has 1 saturated heterocycles. The number of nitrogens with zero attached hydrogens (tertiary/aromatic N) is 4. The zero-order valence-corrected chi connectivity index (χ0v) is 14.4. The third-order valence-corrected chi connectivity index (χ3v) is 6.72. The summed E-state index contributed by atoms with van der Waals surface area (Å²) in [6, 6.07) is 0.183. The van der Waals surface area contributed by atoms with E-state index in [-0.39, 0.29) is 6.04 Å². The first-order valence-corrected chi connectivity index (χ1v) is 9.13. The van der Waals surface area contributed by atoms with E-state index in [9.17, 15) is 8.42 Å². The number of sulfonamides is 1. The lowest BCUT2D eigenvalue weighted by molar-refractivity contribution is 0.321. The molecule has 0 saturated carbocycles. The van der Waals surface area contributed by atoms with Gasteiger partial charge in [-0.25, -0.2) is 27.7 Å². The quantitative estimate of drug-likeness (QED) is 0.876. The Labute approximate surface area is 135 Å². The van der Waals surface area contributed by atoms with Gasteiger partial charge in [0.1, 0.15) is 11.8 Å². The maximum atomic E-state index is 12.5. The fourth-order valence-corrected chi connectivity index (χ4v) is 4.16. The number of rotatable bonds is 3. The van der Waals surface area contributed by atoms with Gasteiger partial charge in [-0.2, -0.15) is 0 Å². The van der Waals surface area contributed by atoms with E-state index >= 15 is 0 Å². The van der Waals surface area contributed by atoms with Gasteiger partial charge < -0.3 is 10.3 Å². The van der Waals surface area contributed by atoms with E-state index in [1.807, 2.05) is 0 Å². The van der Waals surface area contributed by atoms with Crippen molar-refractivity contribution in [1.82, 2.24) is 24.2 Å². The van der Waals surface area contributed by atoms with Crippen LogP contribution in [0.1, 0.15) is 33.6 Å². The standard InChI is InChI=1S/C14H22N6O2S/c1-14(2,3)23(21,22)20-6-4-10(5-7-20)19-13-11-12(16-8-15-11)17-9-18-13/h8-10H,4-7H2,1-3H3,(H2,15,16,17,18,19). The van der Waals surface area contributed by atoms with Crippen molar-refractivity contribution in [2.45, 2.75) is 44.4 Å². The highest BCUT2D eigenvalue weighted by atomic mass is 32.2. The number of aromatic amines is 1. The molecule has 0 aromatic carbocycles. The minimum atomic E-state index is -3.26. The van der Waals surface area contributed by atoms with E-state index < -0.39 is 14.8 Å². The Kier molecular flexibility index (Phi) is 4.01. The van der Waals surface area contributed by atoms with Crippen LogP contribution in [0.15, 0.2) is 12.7 Å². The fraction of sp³-hybridized carbons (Fsp3) is 0.643. The van der Waals surface area contributed by atoms with Crippen LogP contribution in [0.5, 0.6) is 0 Å². The van der Waals surface area contributed by atoms with Gasteiger partial charge in [0.25, 0.3) is 0 Å². The summed E-state index contributed by atoms with van der Waals surface area (Å²) in [5.41, 5.74) is 1.40. The predicted octanol–water partition coefficient (Wildman–Crippen LogP) is 1.36. The summed E-state index contributed by atoms with van der Waals surface area (Å²) in [6.45, 7) is 6.26. The molecule has 0 radical (unpaired) electrons. The molecule has 8 nitrogen and oxygen atoms in total. The van der Waals surface area contributed by atoms with Crippen molar-refractivity contribution in [3.63, 3.8) is 0 Å². The number of aromatic nitrogens is 4. The van der Waals surface area contributed by atoms with E-state index in [0.717, 1.165) is 18.4 Å². The third-order valence-electron chi connectivity index (χ3n) is 4.13. The summed E-state index contributed by atoms with van der Waals surface area (Å²) in [5.74, 6) is 0.713. The molecule has 1 aliphatic rings. The normalized spacial score (nSPS) is 18.4. The third kappa shape index (κ3) is 3.02. The number of anilines is 1. The number of imidazole rings is 1. The predicted molar refractivity (Wildman–Crippen MR) is 88.6 cm³/mol. The Morgan fingerprint density at radius 1 is 1.22 bits per heavy atom. The Hall–Kier alpha value is -1.74. The SMILES string of the molecule is CC(C)(C)S(=O)(=O)N1CCC(Nc2ncnc3nc[nH]c23)CC1. The molecular formula is C14H22N6O2S. The summed E-state index contributed by atoms with van der Waals surface area (Å²) in [6.07, 6.45) is 4.55. The molecule has 9 heteroatoms. The average Bonchev–Trinajstić information content (AvgIpc) is 2.96. The summed E-state index contributed by atoms with van der Waals surface area (Å²) in [7, 11) is -3.26. The molecule has 1 fully saturated rings. The van der Waals surface area contributed by atoms with Crippen molar-refractivity contribution >= 4 is 27.0 Å². The van der Waals surface area contributed by atoms with Crippen LogP contribution >= 0.6 is 0 Å². The van der Waals surface area contributed by atoms with Crippen molar-refractivity contribution in [2.24, 2.45) is 0 Å². The van der Waals surface area contributed by atoms with Gasteiger partial charge in [-0.15, -0.1) is 0 Å². The first kappa shape index (κ1) is 16.1. The molecule has 0 spiro atoms. The molecule has 23 heavy (non-hydrogen) atoms. The molecule has 0 unspecified atom stereocenters. The molecule has 1 aliphatic heterocycles. The van der Waals surface area contributed by atoms with Crippen molar-refractivity contribution < 1.29 is 8.42 Å². The lowest BCUT2D eigenvalue weighted by Crippen LogP contribution is -2.48. The molecule has 126 valence electrons. The van der Waals surface area contributed by atoms with Gasteiger partial charge in [0, 0.05) is 19.1 Å². The molecule has 2 aromatic heterocycles. The first-order valence-electron chi connectivity index (χ1n) is 7.69. The minimum Gasteiger partial charge on any atom is -0.365 e. The van der Waals surface area contributed by atoms with Crippen LogP contribution in [0.3, 0.4) is 0 Å². The summed E-state index contributed by atoms with van der Waals surface area (Å²) < 4.78 is 25.8. The van der Waals surface area contributed by atoms with Crippen LogP contribution < -0.4 is 5.32 Å². The maximum Gasteiger partial charge on any atom is 0.219 e. The number of hydrogen-bond acceptors (Lipinski definition) is 6. The Morgan fingerprint density at radius 3 is 2.57 bits per heavy atom. The Balaban J connectivity index is 1.67. The summed E-state index contributed by atoms with van der Waals surface area (Å²) in [5, 5.41) is 3.38. The van der Waals surface area contributed by atoms with Gasteiger partial charge in [0.2, 0.25) is 10.0 Å². The average molecular weight is 338 g/mol. The number of nitrogens with one attached hydrogen (secondary N) is 2. The molecule has 0 bridgehead atoms. The van der Waals surface area contributed by atoms with Gasteiger partial charge in [-0.1, -0.05) is 0 Å². The zero-order chi connectivity index (χ0) is 16.7. The van der Waals surface area contributed by atoms with Crippen molar-refractivity contribution in [2.75, 3.05) is 18.4 Å². The maximum absolute atomic E-state index is 12.5. The lowest BCUT2D eigenvalue weighted by atomic mass is 10.1. The topological polar surface area (TPSA) is 104 Å². The number of fused-ring (bicyclic) bond motifs is 1. The van der Waals surface area contributed by atoms with E-state index in [4.69, 9.17) is 0 Å². The van der Waals surface area contributed by atoms with Gasteiger partial charge in [-0.3, -0.25) is 0 Å². The van der Waals surface area contributed by atoms with Crippen molar-refractivity contribution in [3.8, 4) is 0 Å². The second kappa shape index (κ2) is 5.72. The molecule has 3 rings (SSSR count). The highest BCUT2D eigenvalue weighted by Crippen LogP contribution is 2.25. The van der Waals surface area contributed by atoms with Crippen LogP contribution in [0.4, 0.5) is 5.82 Å². The molecule has 2 N–H and O–H groups in total. The lowest BCUT2D eigenvalue weighted by Gasteiger charge is -2.35. The Morgan fingerprint density at radius 2 is 1.91 bits per heavy atom. The van der Waals surface area contributed by atoms with Crippen molar-refractivity contribution in [1.29, 1.82) is 0 Å². The molecule has 0 amide bonds. The summed E-state index contributed by atoms with van der Waals surface area (Å²) >= 11 is 0. The zero-order valence-electron chi connectivity index (χ0n) is 13.6. The van der Waals surface area contributed by atoms with Crippen LogP contribution in [0.2, 0.25) is 0 Å². The van der Waals surface area contributed by atoms with Gasteiger partial charge >= 0.3 is 0 Å². The molecule has 2 aromatic rings. The first-order chi connectivity index (χ1) is 10.8. The second-order valence-corrected chi connectivity index (χ2v) is 9.45. The molecular weight excluding hydrogens is 316 g/mol. The molecule has 3 heterocycles. The number of H-pyrrole nitrogens is 1. The second-order valence-electron chi connectivity index (χ2n) is 6.76. The monoisotopic (exact) mass is 338 g/mol. The van der Waals surface area contributed by atoms with Crippen LogP contribution in [0.25, 0.3) is 11.2 Å². The minimum absolute atomic E-state index is 0.183. The van der Waals surface area contributed by atoms with Crippen LogP contribution in [-0.2, 0) is 10.0 Å². The smallest absolute Gasteiger partial charge is 0.219 e. The van der Waals surface area contributed by atoms with E-state index in [1.165, 1.54) is 6.33 Å². The van der Waals surface area contributed by atoms with Gasteiger partial charge in [0.05, 0.1) is 11.1 Å². The number of hydrogen-bond donors (Lipinski definition) is 2.